The van der Waals surface area contributed by atoms with E-state index in [9.17, 15) is 5.11 Å². The Morgan fingerprint density at radius 3 is 2.53 bits per heavy atom. The summed E-state index contributed by atoms with van der Waals surface area (Å²) in [7, 11) is 0. The summed E-state index contributed by atoms with van der Waals surface area (Å²) < 4.78 is 6.61. The molecule has 0 bridgehead atoms. The molecular weight excluding hydrogens is 464 g/mol. The Kier molecular flexibility index (Phi) is 6.42. The van der Waals surface area contributed by atoms with Crippen molar-refractivity contribution in [2.24, 2.45) is 4.99 Å². The molecular formula is C24H22BrClN2O2. The Morgan fingerprint density at radius 1 is 1.10 bits per heavy atom. The number of hydrogen-bond acceptors (Lipinski definition) is 4. The van der Waals surface area contributed by atoms with Gasteiger partial charge < -0.3 is 9.84 Å². The highest BCUT2D eigenvalue weighted by Gasteiger charge is 2.28. The number of nitrogens with one attached hydrogen (secondary N) is 1. The zero-order chi connectivity index (χ0) is 21.1. The number of phenols is 1. The maximum Gasteiger partial charge on any atom is 0.162 e. The van der Waals surface area contributed by atoms with Gasteiger partial charge in [0.05, 0.1) is 6.61 Å². The Balaban J connectivity index is 1.74. The van der Waals surface area contributed by atoms with Crippen LogP contribution in [0.5, 0.6) is 11.5 Å². The fraction of sp³-hybridized carbons (Fsp3) is 0.208. The number of benzene rings is 3. The third-order valence-electron chi connectivity index (χ3n) is 5.11. The first kappa shape index (κ1) is 20.9. The second kappa shape index (κ2) is 9.21. The van der Waals surface area contributed by atoms with Gasteiger partial charge in [0, 0.05) is 33.2 Å². The molecule has 6 heteroatoms. The van der Waals surface area contributed by atoms with Crippen molar-refractivity contribution in [3.05, 3.63) is 92.9 Å². The molecule has 2 N–H and O–H groups in total. The van der Waals surface area contributed by atoms with E-state index in [1.54, 1.807) is 6.07 Å². The lowest BCUT2D eigenvalue weighted by Crippen LogP contribution is -2.33. The SMILES string of the molecule is CCOc1cccc(C2CC(c3ccc(Cl)cc3)=NC(c3ccc(Br)cc3)N2)c1O. The molecule has 0 amide bonds. The van der Waals surface area contributed by atoms with Crippen LogP contribution in [0.4, 0.5) is 0 Å². The highest BCUT2D eigenvalue weighted by Crippen LogP contribution is 2.39. The van der Waals surface area contributed by atoms with Gasteiger partial charge >= 0.3 is 0 Å². The summed E-state index contributed by atoms with van der Waals surface area (Å²) in [6.07, 6.45) is 0.398. The van der Waals surface area contributed by atoms with Gasteiger partial charge in [0.25, 0.3) is 0 Å². The Labute approximate surface area is 189 Å². The van der Waals surface area contributed by atoms with Crippen LogP contribution in [0.2, 0.25) is 5.02 Å². The smallest absolute Gasteiger partial charge is 0.162 e. The van der Waals surface area contributed by atoms with Crippen molar-refractivity contribution < 1.29 is 9.84 Å². The quantitative estimate of drug-likeness (QED) is 0.438. The molecule has 0 radical (unpaired) electrons. The van der Waals surface area contributed by atoms with Crippen LogP contribution in [-0.4, -0.2) is 17.4 Å². The molecule has 0 saturated carbocycles. The first-order valence-electron chi connectivity index (χ1n) is 9.84. The molecule has 0 saturated heterocycles. The fourth-order valence-corrected chi connectivity index (χ4v) is 4.02. The summed E-state index contributed by atoms with van der Waals surface area (Å²) in [6, 6.07) is 21.3. The van der Waals surface area contributed by atoms with Crippen LogP contribution < -0.4 is 10.1 Å². The minimum atomic E-state index is -0.238. The van der Waals surface area contributed by atoms with Crippen LogP contribution in [0.1, 0.15) is 42.2 Å². The molecule has 0 aromatic heterocycles. The van der Waals surface area contributed by atoms with E-state index in [2.05, 4.69) is 21.2 Å². The van der Waals surface area contributed by atoms with Crippen LogP contribution in [0.3, 0.4) is 0 Å². The molecule has 4 nitrogen and oxygen atoms in total. The molecule has 1 heterocycles. The number of ether oxygens (including phenoxy) is 1. The van der Waals surface area contributed by atoms with Crippen molar-refractivity contribution in [1.29, 1.82) is 0 Å². The lowest BCUT2D eigenvalue weighted by Gasteiger charge is -2.31. The third kappa shape index (κ3) is 4.53. The maximum atomic E-state index is 10.8. The van der Waals surface area contributed by atoms with Crippen molar-refractivity contribution in [2.45, 2.75) is 25.6 Å². The van der Waals surface area contributed by atoms with Crippen LogP contribution in [0.25, 0.3) is 0 Å². The molecule has 1 aliphatic rings. The van der Waals surface area contributed by atoms with Crippen LogP contribution >= 0.6 is 27.5 Å². The van der Waals surface area contributed by atoms with Crippen molar-refractivity contribution in [1.82, 2.24) is 5.32 Å². The second-order valence-corrected chi connectivity index (χ2v) is 8.44. The summed E-state index contributed by atoms with van der Waals surface area (Å²) in [5, 5.41) is 15.1. The topological polar surface area (TPSA) is 53.8 Å². The average Bonchev–Trinajstić information content (AvgIpc) is 2.76. The molecule has 4 rings (SSSR count). The predicted molar refractivity (Wildman–Crippen MR) is 125 cm³/mol. The summed E-state index contributed by atoms with van der Waals surface area (Å²) in [4.78, 5) is 4.98. The molecule has 3 aromatic rings. The van der Waals surface area contributed by atoms with Gasteiger partial charge in [-0.3, -0.25) is 10.3 Å². The summed E-state index contributed by atoms with van der Waals surface area (Å²) in [5.41, 5.74) is 3.83. The van der Waals surface area contributed by atoms with Crippen LogP contribution in [0, 0.1) is 0 Å². The molecule has 0 aliphatic carbocycles. The number of nitrogens with zero attached hydrogens (tertiary/aromatic N) is 1. The van der Waals surface area contributed by atoms with E-state index in [4.69, 9.17) is 21.3 Å². The van der Waals surface area contributed by atoms with Gasteiger partial charge in [0.1, 0.15) is 6.17 Å². The molecule has 30 heavy (non-hydrogen) atoms. The van der Waals surface area contributed by atoms with Gasteiger partial charge in [-0.2, -0.15) is 0 Å². The second-order valence-electron chi connectivity index (χ2n) is 7.09. The van der Waals surface area contributed by atoms with Crippen molar-refractivity contribution in [3.8, 4) is 11.5 Å². The largest absolute Gasteiger partial charge is 0.504 e. The monoisotopic (exact) mass is 484 g/mol. The number of rotatable bonds is 5. The number of aliphatic imine (C=N–C) groups is 1. The standard InChI is InChI=1S/C24H22BrClN2O2/c1-2-30-22-5-3-4-19(23(22)29)21-14-20(15-8-12-18(26)13-9-15)27-24(28-21)16-6-10-17(25)11-7-16/h3-13,21,24,28-29H,2,14H2,1H3. The number of para-hydroxylation sites is 1. The number of phenolic OH excluding ortho intramolecular Hbond substituents is 1. The molecule has 2 unspecified atom stereocenters. The summed E-state index contributed by atoms with van der Waals surface area (Å²) in [6.45, 7) is 2.40. The Morgan fingerprint density at radius 2 is 1.83 bits per heavy atom. The van der Waals surface area contributed by atoms with Crippen molar-refractivity contribution in [3.63, 3.8) is 0 Å². The van der Waals surface area contributed by atoms with E-state index < -0.39 is 0 Å². The minimum absolute atomic E-state index is 0.123. The fourth-order valence-electron chi connectivity index (χ4n) is 3.63. The zero-order valence-electron chi connectivity index (χ0n) is 16.5. The molecule has 154 valence electrons. The molecule has 0 spiro atoms. The Hall–Kier alpha value is -2.34. The normalized spacial score (nSPS) is 18.7. The number of aromatic hydroxyl groups is 1. The van der Waals surface area contributed by atoms with E-state index in [-0.39, 0.29) is 18.0 Å². The van der Waals surface area contributed by atoms with Gasteiger partial charge in [0.15, 0.2) is 11.5 Å². The first-order valence-corrected chi connectivity index (χ1v) is 11.0. The minimum Gasteiger partial charge on any atom is -0.504 e. The first-order chi connectivity index (χ1) is 14.5. The molecule has 2 atom stereocenters. The highest BCUT2D eigenvalue weighted by atomic mass is 79.9. The van der Waals surface area contributed by atoms with Crippen LogP contribution in [0.15, 0.2) is 76.2 Å². The molecule has 3 aromatic carbocycles. The van der Waals surface area contributed by atoms with Crippen molar-refractivity contribution in [2.75, 3.05) is 6.61 Å². The van der Waals surface area contributed by atoms with E-state index in [1.807, 2.05) is 67.6 Å². The summed E-state index contributed by atoms with van der Waals surface area (Å²) in [5.74, 6) is 0.663. The number of halogens is 2. The molecule has 0 fully saturated rings. The summed E-state index contributed by atoms with van der Waals surface area (Å²) >= 11 is 9.57. The van der Waals surface area contributed by atoms with Gasteiger partial charge in [-0.1, -0.05) is 63.9 Å². The van der Waals surface area contributed by atoms with E-state index >= 15 is 0 Å². The highest BCUT2D eigenvalue weighted by molar-refractivity contribution is 9.10. The molecule has 1 aliphatic heterocycles. The third-order valence-corrected chi connectivity index (χ3v) is 5.89. The number of hydrogen-bond donors (Lipinski definition) is 2. The maximum absolute atomic E-state index is 10.8. The zero-order valence-corrected chi connectivity index (χ0v) is 18.8. The Bertz CT molecular complexity index is 1050. The average molecular weight is 486 g/mol. The lowest BCUT2D eigenvalue weighted by molar-refractivity contribution is 0.313. The van der Waals surface area contributed by atoms with Crippen molar-refractivity contribution >= 4 is 33.2 Å². The van der Waals surface area contributed by atoms with Gasteiger partial charge in [-0.25, -0.2) is 0 Å². The van der Waals surface area contributed by atoms with Gasteiger partial charge in [-0.05, 0) is 48.4 Å². The lowest BCUT2D eigenvalue weighted by atomic mass is 9.93. The van der Waals surface area contributed by atoms with E-state index in [0.29, 0.717) is 23.8 Å². The predicted octanol–water partition coefficient (Wildman–Crippen LogP) is 6.43. The van der Waals surface area contributed by atoms with E-state index in [0.717, 1.165) is 26.9 Å². The van der Waals surface area contributed by atoms with Gasteiger partial charge in [0.2, 0.25) is 0 Å². The van der Waals surface area contributed by atoms with Gasteiger partial charge in [-0.15, -0.1) is 0 Å². The van der Waals surface area contributed by atoms with Crippen LogP contribution in [-0.2, 0) is 0 Å². The van der Waals surface area contributed by atoms with E-state index in [1.165, 1.54) is 0 Å².